The lowest BCUT2D eigenvalue weighted by molar-refractivity contribution is -0.141. The summed E-state index contributed by atoms with van der Waals surface area (Å²) >= 11 is 1.31. The third-order valence-corrected chi connectivity index (χ3v) is 7.51. The van der Waals surface area contributed by atoms with E-state index in [9.17, 15) is 18.0 Å². The second-order valence-corrected chi connectivity index (χ2v) is 10.8. The predicted octanol–water partition coefficient (Wildman–Crippen LogP) is 6.20. The minimum atomic E-state index is -4.59. The van der Waals surface area contributed by atoms with E-state index in [1.807, 2.05) is 6.07 Å². The van der Waals surface area contributed by atoms with Crippen LogP contribution >= 0.6 is 11.3 Å². The van der Waals surface area contributed by atoms with Crippen molar-refractivity contribution in [1.29, 1.82) is 0 Å². The summed E-state index contributed by atoms with van der Waals surface area (Å²) < 4.78 is 47.5. The number of para-hydroxylation sites is 1. The number of hydrogen-bond donors (Lipinski definition) is 2. The Morgan fingerprint density at radius 2 is 2.02 bits per heavy atom. The number of fused-ring (bicyclic) bond motifs is 1. The fourth-order valence-electron chi connectivity index (χ4n) is 4.79. The van der Waals surface area contributed by atoms with Crippen molar-refractivity contribution in [1.82, 2.24) is 24.8 Å². The lowest BCUT2D eigenvalue weighted by Gasteiger charge is -2.28. The van der Waals surface area contributed by atoms with Gasteiger partial charge in [-0.1, -0.05) is 17.4 Å². The lowest BCUT2D eigenvalue weighted by Crippen LogP contribution is -2.39. The van der Waals surface area contributed by atoms with Gasteiger partial charge in [-0.05, 0) is 57.5 Å². The number of amides is 1. The van der Waals surface area contributed by atoms with Crippen LogP contribution in [0.15, 0.2) is 42.7 Å². The van der Waals surface area contributed by atoms with E-state index in [1.165, 1.54) is 30.7 Å². The Labute approximate surface area is 232 Å². The van der Waals surface area contributed by atoms with Crippen LogP contribution in [0, 0.1) is 0 Å². The highest BCUT2D eigenvalue weighted by molar-refractivity contribution is 7.22. The Morgan fingerprint density at radius 3 is 2.77 bits per heavy atom. The van der Waals surface area contributed by atoms with Crippen LogP contribution in [0.3, 0.4) is 0 Å². The molecule has 1 unspecified atom stereocenters. The van der Waals surface area contributed by atoms with Crippen LogP contribution in [-0.2, 0) is 11.0 Å². The van der Waals surface area contributed by atoms with Crippen molar-refractivity contribution in [2.75, 3.05) is 23.7 Å². The van der Waals surface area contributed by atoms with Gasteiger partial charge >= 0.3 is 6.18 Å². The first kappa shape index (κ1) is 27.7. The molecule has 1 aromatic carbocycles. The Morgan fingerprint density at radius 1 is 1.20 bits per heavy atom. The maximum Gasteiger partial charge on any atom is 0.433 e. The van der Waals surface area contributed by atoms with Gasteiger partial charge in [-0.3, -0.25) is 9.69 Å². The summed E-state index contributed by atoms with van der Waals surface area (Å²) in [5.41, 5.74) is 0.308. The Hall–Kier alpha value is -3.84. The molecule has 1 aliphatic heterocycles. The number of ether oxygens (including phenoxy) is 1. The molecule has 40 heavy (non-hydrogen) atoms. The van der Waals surface area contributed by atoms with Crippen molar-refractivity contribution in [2.24, 2.45) is 0 Å². The van der Waals surface area contributed by atoms with Gasteiger partial charge in [0.05, 0.1) is 10.4 Å². The molecular formula is C27H28F3N7O2S. The zero-order chi connectivity index (χ0) is 28.4. The summed E-state index contributed by atoms with van der Waals surface area (Å²) in [5.74, 6) is 0.450. The van der Waals surface area contributed by atoms with E-state index in [-0.39, 0.29) is 23.6 Å². The van der Waals surface area contributed by atoms with Gasteiger partial charge in [0.25, 0.3) is 0 Å². The van der Waals surface area contributed by atoms with Crippen molar-refractivity contribution in [3.05, 3.63) is 48.4 Å². The van der Waals surface area contributed by atoms with E-state index in [0.717, 1.165) is 30.2 Å². The SMILES string of the molecule is CC(=O)Nc1nc2c(Oc3cc(-c4ccc(C(F)(F)F)nc4NCC4CCCN4C(C)C)ncn3)cccc2s1. The molecule has 210 valence electrons. The number of carbonyl (C=O) groups excluding carboxylic acids is 1. The van der Waals surface area contributed by atoms with Crippen molar-refractivity contribution in [3.8, 4) is 22.9 Å². The minimum absolute atomic E-state index is 0.0941. The Balaban J connectivity index is 1.44. The molecule has 5 rings (SSSR count). The molecule has 0 spiro atoms. The number of aromatic nitrogens is 4. The summed E-state index contributed by atoms with van der Waals surface area (Å²) in [7, 11) is 0. The quantitative estimate of drug-likeness (QED) is 0.258. The van der Waals surface area contributed by atoms with E-state index in [4.69, 9.17) is 4.74 Å². The first-order valence-corrected chi connectivity index (χ1v) is 13.7. The number of carbonyl (C=O) groups is 1. The molecule has 1 atom stereocenters. The van der Waals surface area contributed by atoms with Gasteiger partial charge in [-0.15, -0.1) is 0 Å². The van der Waals surface area contributed by atoms with E-state index in [0.29, 0.717) is 40.2 Å². The van der Waals surface area contributed by atoms with Crippen molar-refractivity contribution >= 4 is 38.4 Å². The average molecular weight is 572 g/mol. The van der Waals surface area contributed by atoms with E-state index < -0.39 is 11.9 Å². The van der Waals surface area contributed by atoms with Crippen molar-refractivity contribution in [2.45, 2.75) is 51.9 Å². The number of rotatable bonds is 8. The van der Waals surface area contributed by atoms with Gasteiger partial charge in [-0.2, -0.15) is 13.2 Å². The number of pyridine rings is 1. The smallest absolute Gasteiger partial charge is 0.433 e. The highest BCUT2D eigenvalue weighted by Gasteiger charge is 2.34. The molecule has 0 bridgehead atoms. The molecule has 13 heteroatoms. The fraction of sp³-hybridized carbons (Fsp3) is 0.370. The fourth-order valence-corrected chi connectivity index (χ4v) is 5.72. The number of nitrogens with one attached hydrogen (secondary N) is 2. The van der Waals surface area contributed by atoms with Crippen LogP contribution in [0.2, 0.25) is 0 Å². The maximum atomic E-state index is 13.5. The largest absolute Gasteiger partial charge is 0.437 e. The van der Waals surface area contributed by atoms with Gasteiger partial charge in [-0.25, -0.2) is 19.9 Å². The number of hydrogen-bond acceptors (Lipinski definition) is 9. The molecule has 1 saturated heterocycles. The molecule has 1 fully saturated rings. The summed E-state index contributed by atoms with van der Waals surface area (Å²) in [5, 5.41) is 6.27. The number of nitrogens with zero attached hydrogens (tertiary/aromatic N) is 5. The summed E-state index contributed by atoms with van der Waals surface area (Å²) in [6, 6.07) is 9.74. The summed E-state index contributed by atoms with van der Waals surface area (Å²) in [4.78, 5) is 30.7. The molecule has 2 N–H and O–H groups in total. The van der Waals surface area contributed by atoms with Crippen molar-refractivity contribution in [3.63, 3.8) is 0 Å². The molecular weight excluding hydrogens is 543 g/mol. The van der Waals surface area contributed by atoms with Crippen LogP contribution in [0.4, 0.5) is 24.1 Å². The van der Waals surface area contributed by atoms with E-state index >= 15 is 0 Å². The third-order valence-electron chi connectivity index (χ3n) is 6.57. The normalized spacial score (nSPS) is 16.0. The molecule has 1 amide bonds. The number of anilines is 2. The number of benzene rings is 1. The molecule has 0 radical (unpaired) electrons. The summed E-state index contributed by atoms with van der Waals surface area (Å²) in [6.45, 7) is 7.04. The van der Waals surface area contributed by atoms with E-state index in [1.54, 1.807) is 18.2 Å². The third kappa shape index (κ3) is 6.15. The minimum Gasteiger partial charge on any atom is -0.437 e. The van der Waals surface area contributed by atoms with Crippen LogP contribution in [0.1, 0.15) is 39.3 Å². The van der Waals surface area contributed by atoms with E-state index in [2.05, 4.69) is 49.3 Å². The first-order chi connectivity index (χ1) is 19.1. The van der Waals surface area contributed by atoms with Crippen LogP contribution in [-0.4, -0.2) is 55.9 Å². The molecule has 0 saturated carbocycles. The Bertz CT molecular complexity index is 1530. The van der Waals surface area contributed by atoms with Crippen LogP contribution in [0.25, 0.3) is 21.5 Å². The first-order valence-electron chi connectivity index (χ1n) is 12.8. The predicted molar refractivity (Wildman–Crippen MR) is 148 cm³/mol. The zero-order valence-corrected chi connectivity index (χ0v) is 22.9. The molecule has 3 aromatic heterocycles. The number of thiazole rings is 1. The topological polar surface area (TPSA) is 105 Å². The second kappa shape index (κ2) is 11.3. The lowest BCUT2D eigenvalue weighted by atomic mass is 10.1. The average Bonchev–Trinajstić information content (AvgIpc) is 3.54. The number of likely N-dealkylation sites (tertiary alicyclic amines) is 1. The molecule has 1 aliphatic rings. The number of alkyl halides is 3. The van der Waals surface area contributed by atoms with Gasteiger partial charge in [0, 0.05) is 37.2 Å². The van der Waals surface area contributed by atoms with Gasteiger partial charge < -0.3 is 15.4 Å². The molecule has 4 heterocycles. The van der Waals surface area contributed by atoms with Gasteiger partial charge in [0.2, 0.25) is 11.8 Å². The van der Waals surface area contributed by atoms with Crippen molar-refractivity contribution < 1.29 is 22.7 Å². The van der Waals surface area contributed by atoms with Gasteiger partial charge in [0.1, 0.15) is 23.4 Å². The van der Waals surface area contributed by atoms with Crippen LogP contribution < -0.4 is 15.4 Å². The maximum absolute atomic E-state index is 13.5. The van der Waals surface area contributed by atoms with Crippen LogP contribution in [0.5, 0.6) is 11.6 Å². The van der Waals surface area contributed by atoms with Gasteiger partial charge in [0.15, 0.2) is 10.9 Å². The second-order valence-electron chi connectivity index (χ2n) is 9.75. The number of halogens is 3. The zero-order valence-electron chi connectivity index (χ0n) is 22.1. The monoisotopic (exact) mass is 571 g/mol. The highest BCUT2D eigenvalue weighted by atomic mass is 32.1. The standard InChI is InChI=1S/C27H28F3N7O2S/c1-15(2)37-11-5-6-17(37)13-31-25-18(9-10-22(35-25)27(28,29)30)19-12-23(33-14-32-19)39-20-7-4-8-21-24(20)36-26(40-21)34-16(3)38/h4,7-10,12,14-15,17H,5-6,11,13H2,1-3H3,(H,31,35)(H,34,36,38). The highest BCUT2D eigenvalue weighted by Crippen LogP contribution is 2.36. The Kier molecular flexibility index (Phi) is 7.86. The molecule has 4 aromatic rings. The summed E-state index contributed by atoms with van der Waals surface area (Å²) in [6.07, 6.45) is -1.31. The molecule has 9 nitrogen and oxygen atoms in total. The molecule has 0 aliphatic carbocycles.